The zero-order valence-corrected chi connectivity index (χ0v) is 13.1. The molecule has 1 amide bonds. The van der Waals surface area contributed by atoms with Crippen molar-refractivity contribution in [2.24, 2.45) is 11.7 Å². The van der Waals surface area contributed by atoms with Crippen molar-refractivity contribution in [2.45, 2.75) is 32.1 Å². The van der Waals surface area contributed by atoms with Gasteiger partial charge >= 0.3 is 0 Å². The Kier molecular flexibility index (Phi) is 7.68. The Morgan fingerprint density at radius 3 is 2.71 bits per heavy atom. The minimum Gasteiger partial charge on any atom is -0.342 e. The van der Waals surface area contributed by atoms with Gasteiger partial charge in [0.05, 0.1) is 0 Å². The van der Waals surface area contributed by atoms with Crippen molar-refractivity contribution < 1.29 is 9.18 Å². The van der Waals surface area contributed by atoms with Crippen LogP contribution in [0.5, 0.6) is 0 Å². The van der Waals surface area contributed by atoms with Crippen molar-refractivity contribution in [3.8, 4) is 0 Å². The summed E-state index contributed by atoms with van der Waals surface area (Å²) >= 11 is 0. The van der Waals surface area contributed by atoms with Crippen LogP contribution < -0.4 is 5.73 Å². The predicted octanol–water partition coefficient (Wildman–Crippen LogP) is 2.77. The van der Waals surface area contributed by atoms with Gasteiger partial charge in [-0.25, -0.2) is 4.39 Å². The first-order valence-corrected chi connectivity index (χ1v) is 7.41. The van der Waals surface area contributed by atoms with Crippen molar-refractivity contribution in [1.82, 2.24) is 4.90 Å². The molecule has 1 heterocycles. The molecule has 0 saturated carbocycles. The molecule has 1 fully saturated rings. The van der Waals surface area contributed by atoms with Crippen molar-refractivity contribution >= 4 is 18.3 Å². The number of hydrogen-bond acceptors (Lipinski definition) is 2. The van der Waals surface area contributed by atoms with Crippen molar-refractivity contribution in [3.05, 3.63) is 35.6 Å². The molecule has 0 spiro atoms. The molecule has 3 nitrogen and oxygen atoms in total. The van der Waals surface area contributed by atoms with Gasteiger partial charge in [-0.1, -0.05) is 12.1 Å². The lowest BCUT2D eigenvalue weighted by Gasteiger charge is -2.33. The number of aryl methyl sites for hydroxylation is 1. The Labute approximate surface area is 132 Å². The quantitative estimate of drug-likeness (QED) is 0.908. The van der Waals surface area contributed by atoms with Crippen LogP contribution in [0.2, 0.25) is 0 Å². The topological polar surface area (TPSA) is 46.3 Å². The number of nitrogens with zero attached hydrogens (tertiary/aromatic N) is 1. The summed E-state index contributed by atoms with van der Waals surface area (Å²) in [5, 5.41) is 0. The van der Waals surface area contributed by atoms with Gasteiger partial charge in [0.2, 0.25) is 5.91 Å². The lowest BCUT2D eigenvalue weighted by molar-refractivity contribution is -0.132. The molecule has 1 aliphatic heterocycles. The van der Waals surface area contributed by atoms with Gasteiger partial charge in [-0.15, -0.1) is 12.4 Å². The minimum absolute atomic E-state index is 0. The molecule has 0 aliphatic carbocycles. The fraction of sp³-hybridized carbons (Fsp3) is 0.562. The van der Waals surface area contributed by atoms with Gasteiger partial charge in [-0.05, 0) is 49.3 Å². The van der Waals surface area contributed by atoms with Gasteiger partial charge in [0.15, 0.2) is 0 Å². The Balaban J connectivity index is 0.00000220. The largest absolute Gasteiger partial charge is 0.342 e. The molecule has 1 unspecified atom stereocenters. The molecule has 1 aliphatic rings. The number of benzene rings is 1. The molecule has 0 aromatic heterocycles. The first-order valence-electron chi connectivity index (χ1n) is 7.41. The zero-order valence-electron chi connectivity index (χ0n) is 12.3. The Morgan fingerprint density at radius 1 is 1.33 bits per heavy atom. The van der Waals surface area contributed by atoms with Gasteiger partial charge in [0.25, 0.3) is 0 Å². The fourth-order valence-corrected chi connectivity index (χ4v) is 2.83. The highest BCUT2D eigenvalue weighted by Gasteiger charge is 2.22. The number of rotatable bonds is 5. The van der Waals surface area contributed by atoms with E-state index >= 15 is 0 Å². The minimum atomic E-state index is -0.190. The number of halogens is 2. The molecule has 1 saturated heterocycles. The van der Waals surface area contributed by atoms with Crippen molar-refractivity contribution in [2.75, 3.05) is 19.6 Å². The predicted molar refractivity (Wildman–Crippen MR) is 84.9 cm³/mol. The second-order valence-electron chi connectivity index (χ2n) is 5.55. The Morgan fingerprint density at radius 2 is 2.05 bits per heavy atom. The molecule has 5 heteroatoms. The second-order valence-corrected chi connectivity index (χ2v) is 5.55. The van der Waals surface area contributed by atoms with Crippen LogP contribution in [0.15, 0.2) is 24.3 Å². The highest BCUT2D eigenvalue weighted by atomic mass is 35.5. The van der Waals surface area contributed by atoms with Gasteiger partial charge < -0.3 is 10.6 Å². The monoisotopic (exact) mass is 314 g/mol. The van der Waals surface area contributed by atoms with Crippen LogP contribution in [0.4, 0.5) is 4.39 Å². The van der Waals surface area contributed by atoms with Crippen LogP contribution in [0, 0.1) is 11.7 Å². The van der Waals surface area contributed by atoms with E-state index in [1.165, 1.54) is 18.6 Å². The lowest BCUT2D eigenvalue weighted by Crippen LogP contribution is -2.40. The third kappa shape index (κ3) is 5.64. The van der Waals surface area contributed by atoms with Crippen LogP contribution in [0.1, 0.15) is 31.2 Å². The molecule has 21 heavy (non-hydrogen) atoms. The first-order chi connectivity index (χ1) is 9.69. The number of carbonyl (C=O) groups is 1. The normalized spacial score (nSPS) is 18.2. The molecule has 1 aromatic rings. The van der Waals surface area contributed by atoms with E-state index < -0.39 is 0 Å². The molecular weight excluding hydrogens is 291 g/mol. The maximum Gasteiger partial charge on any atom is 0.223 e. The number of amides is 1. The summed E-state index contributed by atoms with van der Waals surface area (Å²) in [5.41, 5.74) is 6.60. The van der Waals surface area contributed by atoms with E-state index in [0.717, 1.165) is 37.9 Å². The summed E-state index contributed by atoms with van der Waals surface area (Å²) in [7, 11) is 0. The molecular formula is C16H24ClFN2O. The smallest absolute Gasteiger partial charge is 0.223 e. The summed E-state index contributed by atoms with van der Waals surface area (Å²) in [6.07, 6.45) is 4.70. The summed E-state index contributed by atoms with van der Waals surface area (Å²) in [6.45, 7) is 2.14. The van der Waals surface area contributed by atoms with E-state index in [4.69, 9.17) is 5.73 Å². The average Bonchev–Trinajstić information content (AvgIpc) is 2.47. The van der Waals surface area contributed by atoms with E-state index in [1.807, 2.05) is 17.0 Å². The van der Waals surface area contributed by atoms with E-state index in [2.05, 4.69) is 0 Å². The summed E-state index contributed by atoms with van der Waals surface area (Å²) < 4.78 is 12.8. The molecule has 1 aromatic carbocycles. The number of hydrogen-bond donors (Lipinski definition) is 1. The Bertz CT molecular complexity index is 438. The number of carbonyl (C=O) groups excluding carboxylic acids is 1. The molecule has 0 bridgehead atoms. The van der Waals surface area contributed by atoms with Crippen LogP contribution in [-0.2, 0) is 11.2 Å². The van der Waals surface area contributed by atoms with Gasteiger partial charge in [0, 0.05) is 26.1 Å². The van der Waals surface area contributed by atoms with E-state index in [0.29, 0.717) is 18.9 Å². The fourth-order valence-electron chi connectivity index (χ4n) is 2.83. The lowest BCUT2D eigenvalue weighted by atomic mass is 9.91. The van der Waals surface area contributed by atoms with E-state index in [1.54, 1.807) is 0 Å². The number of likely N-dealkylation sites (tertiary alicyclic amines) is 1. The number of nitrogens with two attached hydrogens (primary N) is 1. The maximum atomic E-state index is 12.8. The van der Waals surface area contributed by atoms with Gasteiger partial charge in [-0.2, -0.15) is 0 Å². The first kappa shape index (κ1) is 17.9. The van der Waals surface area contributed by atoms with E-state index in [9.17, 15) is 9.18 Å². The van der Waals surface area contributed by atoms with Gasteiger partial charge in [-0.3, -0.25) is 4.79 Å². The molecule has 2 rings (SSSR count). The van der Waals surface area contributed by atoms with Gasteiger partial charge in [0.1, 0.15) is 5.82 Å². The summed E-state index contributed by atoms with van der Waals surface area (Å²) in [5.74, 6) is 0.541. The zero-order chi connectivity index (χ0) is 14.4. The third-order valence-electron chi connectivity index (χ3n) is 3.98. The van der Waals surface area contributed by atoms with Crippen LogP contribution in [-0.4, -0.2) is 30.4 Å². The second kappa shape index (κ2) is 9.00. The van der Waals surface area contributed by atoms with Crippen LogP contribution >= 0.6 is 12.4 Å². The van der Waals surface area contributed by atoms with Crippen LogP contribution in [0.25, 0.3) is 0 Å². The third-order valence-corrected chi connectivity index (χ3v) is 3.98. The summed E-state index contributed by atoms with van der Waals surface area (Å²) in [4.78, 5) is 13.8. The van der Waals surface area contributed by atoms with Crippen molar-refractivity contribution in [3.63, 3.8) is 0 Å². The Hall–Kier alpha value is -1.13. The van der Waals surface area contributed by atoms with E-state index in [-0.39, 0.29) is 24.1 Å². The highest BCUT2D eigenvalue weighted by molar-refractivity contribution is 5.85. The number of piperidine rings is 1. The summed E-state index contributed by atoms with van der Waals surface area (Å²) in [6, 6.07) is 6.70. The molecule has 118 valence electrons. The molecule has 2 N–H and O–H groups in total. The van der Waals surface area contributed by atoms with Crippen LogP contribution in [0.3, 0.4) is 0 Å². The maximum absolute atomic E-state index is 12.8. The molecule has 0 radical (unpaired) electrons. The van der Waals surface area contributed by atoms with Crippen molar-refractivity contribution in [1.29, 1.82) is 0 Å². The highest BCUT2D eigenvalue weighted by Crippen LogP contribution is 2.22. The SMILES string of the molecule is Cl.NCCC(=O)N1CCCC(CCc2ccc(F)cc2)C1. The molecule has 1 atom stereocenters. The average molecular weight is 315 g/mol. The standard InChI is InChI=1S/C16H23FN2O.ClH/c17-15-7-5-13(6-8-15)3-4-14-2-1-11-19(12-14)16(20)9-10-18;/h5-8,14H,1-4,9-12,18H2;1H.